The minimum Gasteiger partial charge on any atom is -0.378 e. The van der Waals surface area contributed by atoms with Crippen LogP contribution in [0.15, 0.2) is 4.99 Å². The van der Waals surface area contributed by atoms with Gasteiger partial charge in [0.25, 0.3) is 0 Å². The molecular formula is C10H21IN4O2. The molecule has 0 aromatic carbocycles. The highest BCUT2D eigenvalue weighted by atomic mass is 127. The largest absolute Gasteiger partial charge is 0.378 e. The third-order valence-corrected chi connectivity index (χ3v) is 2.64. The van der Waals surface area contributed by atoms with E-state index in [1.165, 1.54) is 0 Å². The second-order valence-electron chi connectivity index (χ2n) is 4.52. The third kappa shape index (κ3) is 5.07. The zero-order chi connectivity index (χ0) is 12.2. The van der Waals surface area contributed by atoms with Gasteiger partial charge < -0.3 is 21.1 Å². The molecule has 1 aliphatic heterocycles. The first-order chi connectivity index (χ1) is 7.43. The summed E-state index contributed by atoms with van der Waals surface area (Å²) in [6.07, 6.45) is 0. The van der Waals surface area contributed by atoms with E-state index < -0.39 is 5.41 Å². The summed E-state index contributed by atoms with van der Waals surface area (Å²) in [6.45, 7) is 6.63. The van der Waals surface area contributed by atoms with Crippen LogP contribution < -0.4 is 11.5 Å². The SMILES string of the molecule is CC(C)(CN=C(N)N1CCOCC1)C(N)=O.I. The van der Waals surface area contributed by atoms with E-state index >= 15 is 0 Å². The summed E-state index contributed by atoms with van der Waals surface area (Å²) < 4.78 is 5.21. The number of rotatable bonds is 3. The highest BCUT2D eigenvalue weighted by molar-refractivity contribution is 14.0. The van der Waals surface area contributed by atoms with Crippen molar-refractivity contribution in [2.75, 3.05) is 32.8 Å². The quantitative estimate of drug-likeness (QED) is 0.415. The summed E-state index contributed by atoms with van der Waals surface area (Å²) in [6, 6.07) is 0. The van der Waals surface area contributed by atoms with Crippen LogP contribution >= 0.6 is 24.0 Å². The number of amides is 1. The van der Waals surface area contributed by atoms with Crippen molar-refractivity contribution in [3.05, 3.63) is 0 Å². The normalized spacial score (nSPS) is 17.5. The molecule has 1 fully saturated rings. The number of nitrogens with two attached hydrogens (primary N) is 2. The van der Waals surface area contributed by atoms with Gasteiger partial charge in [-0.3, -0.25) is 9.79 Å². The van der Waals surface area contributed by atoms with Crippen LogP contribution in [0.3, 0.4) is 0 Å². The van der Waals surface area contributed by atoms with Crippen molar-refractivity contribution in [3.63, 3.8) is 0 Å². The summed E-state index contributed by atoms with van der Waals surface area (Å²) in [5.41, 5.74) is 10.4. The number of hydrogen-bond acceptors (Lipinski definition) is 3. The molecule has 0 atom stereocenters. The molecule has 7 heteroatoms. The van der Waals surface area contributed by atoms with E-state index in [0.717, 1.165) is 13.1 Å². The van der Waals surface area contributed by atoms with E-state index in [2.05, 4.69) is 4.99 Å². The van der Waals surface area contributed by atoms with E-state index in [9.17, 15) is 4.79 Å². The first-order valence-corrected chi connectivity index (χ1v) is 5.36. The van der Waals surface area contributed by atoms with Gasteiger partial charge in [-0.2, -0.15) is 0 Å². The topological polar surface area (TPSA) is 93.9 Å². The van der Waals surface area contributed by atoms with Gasteiger partial charge in [-0.25, -0.2) is 0 Å². The zero-order valence-electron chi connectivity index (χ0n) is 10.3. The van der Waals surface area contributed by atoms with Gasteiger partial charge in [-0.05, 0) is 13.8 Å². The fourth-order valence-corrected chi connectivity index (χ4v) is 1.25. The first kappa shape index (κ1) is 16.4. The lowest BCUT2D eigenvalue weighted by Crippen LogP contribution is -2.45. The lowest BCUT2D eigenvalue weighted by molar-refractivity contribution is -0.125. The number of carbonyl (C=O) groups excluding carboxylic acids is 1. The van der Waals surface area contributed by atoms with Gasteiger partial charge in [0.05, 0.1) is 25.2 Å². The average molecular weight is 356 g/mol. The summed E-state index contributed by atoms with van der Waals surface area (Å²) >= 11 is 0. The van der Waals surface area contributed by atoms with Gasteiger partial charge in [0, 0.05) is 13.1 Å². The van der Waals surface area contributed by atoms with E-state index in [4.69, 9.17) is 16.2 Å². The molecule has 0 aromatic rings. The predicted molar refractivity (Wildman–Crippen MR) is 77.3 cm³/mol. The fourth-order valence-electron chi connectivity index (χ4n) is 1.25. The van der Waals surface area contributed by atoms with Crippen LogP contribution in [-0.4, -0.2) is 49.6 Å². The Morgan fingerprint density at radius 3 is 2.35 bits per heavy atom. The second kappa shape index (κ2) is 7.00. The third-order valence-electron chi connectivity index (χ3n) is 2.64. The minimum atomic E-state index is -0.656. The predicted octanol–water partition coefficient (Wildman–Crippen LogP) is -0.237. The summed E-state index contributed by atoms with van der Waals surface area (Å²) in [7, 11) is 0. The standard InChI is InChI=1S/C10H20N4O2.HI/c1-10(2,8(11)15)7-13-9(12)14-3-5-16-6-4-14;/h3-7H2,1-2H3,(H2,11,15)(H2,12,13);1H. The van der Waals surface area contributed by atoms with Crippen molar-refractivity contribution in [3.8, 4) is 0 Å². The Morgan fingerprint density at radius 2 is 1.88 bits per heavy atom. The van der Waals surface area contributed by atoms with Crippen LogP contribution in [0.4, 0.5) is 0 Å². The maximum absolute atomic E-state index is 11.1. The van der Waals surface area contributed by atoms with Crippen LogP contribution in [0, 0.1) is 5.41 Å². The Bertz CT molecular complexity index is 288. The fraction of sp³-hybridized carbons (Fsp3) is 0.800. The van der Waals surface area contributed by atoms with Crippen LogP contribution in [0.1, 0.15) is 13.8 Å². The molecule has 6 nitrogen and oxygen atoms in total. The molecule has 0 aliphatic carbocycles. The van der Waals surface area contributed by atoms with E-state index in [0.29, 0.717) is 25.7 Å². The monoisotopic (exact) mass is 356 g/mol. The average Bonchev–Trinajstić information content (AvgIpc) is 2.27. The number of ether oxygens (including phenoxy) is 1. The molecule has 0 saturated carbocycles. The Morgan fingerprint density at radius 1 is 1.35 bits per heavy atom. The van der Waals surface area contributed by atoms with Gasteiger partial charge in [-0.1, -0.05) is 0 Å². The molecule has 1 amide bonds. The second-order valence-corrected chi connectivity index (χ2v) is 4.52. The molecule has 1 heterocycles. The minimum absolute atomic E-state index is 0. The van der Waals surface area contributed by atoms with Crippen LogP contribution in [0.5, 0.6) is 0 Å². The first-order valence-electron chi connectivity index (χ1n) is 5.36. The molecule has 0 radical (unpaired) electrons. The van der Waals surface area contributed by atoms with Crippen molar-refractivity contribution >= 4 is 35.8 Å². The lowest BCUT2D eigenvalue weighted by Gasteiger charge is -2.28. The number of primary amides is 1. The van der Waals surface area contributed by atoms with Gasteiger partial charge in [0.2, 0.25) is 5.91 Å². The van der Waals surface area contributed by atoms with E-state index in [1.54, 1.807) is 13.8 Å². The maximum Gasteiger partial charge on any atom is 0.224 e. The van der Waals surface area contributed by atoms with Gasteiger partial charge in [0.15, 0.2) is 5.96 Å². The Balaban J connectivity index is 0.00000256. The molecule has 100 valence electrons. The summed E-state index contributed by atoms with van der Waals surface area (Å²) in [5.74, 6) is 0.0867. The molecule has 0 unspecified atom stereocenters. The smallest absolute Gasteiger partial charge is 0.224 e. The highest BCUT2D eigenvalue weighted by Gasteiger charge is 2.25. The van der Waals surface area contributed by atoms with Crippen LogP contribution in [-0.2, 0) is 9.53 Å². The van der Waals surface area contributed by atoms with Gasteiger partial charge in [-0.15, -0.1) is 24.0 Å². The number of aliphatic imine (C=N–C) groups is 1. The number of halogens is 1. The molecule has 0 aromatic heterocycles. The molecule has 17 heavy (non-hydrogen) atoms. The molecule has 1 rings (SSSR count). The van der Waals surface area contributed by atoms with Crippen LogP contribution in [0.2, 0.25) is 0 Å². The number of morpholine rings is 1. The zero-order valence-corrected chi connectivity index (χ0v) is 12.6. The maximum atomic E-state index is 11.1. The number of hydrogen-bond donors (Lipinski definition) is 2. The Labute approximate surface area is 119 Å². The van der Waals surface area contributed by atoms with Gasteiger partial charge in [0.1, 0.15) is 0 Å². The Hall–Kier alpha value is -0.570. The number of nitrogens with zero attached hydrogens (tertiary/aromatic N) is 2. The van der Waals surface area contributed by atoms with E-state index in [-0.39, 0.29) is 29.9 Å². The molecular weight excluding hydrogens is 335 g/mol. The molecule has 1 saturated heterocycles. The van der Waals surface area contributed by atoms with Crippen molar-refractivity contribution in [2.24, 2.45) is 21.9 Å². The molecule has 4 N–H and O–H groups in total. The van der Waals surface area contributed by atoms with E-state index in [1.807, 2.05) is 4.90 Å². The molecule has 1 aliphatic rings. The molecule has 0 bridgehead atoms. The lowest BCUT2D eigenvalue weighted by atomic mass is 9.93. The molecule has 0 spiro atoms. The van der Waals surface area contributed by atoms with Crippen molar-refractivity contribution in [2.45, 2.75) is 13.8 Å². The highest BCUT2D eigenvalue weighted by Crippen LogP contribution is 2.14. The summed E-state index contributed by atoms with van der Waals surface area (Å²) in [5, 5.41) is 0. The summed E-state index contributed by atoms with van der Waals surface area (Å²) in [4.78, 5) is 17.2. The number of carbonyl (C=O) groups is 1. The van der Waals surface area contributed by atoms with Crippen molar-refractivity contribution in [1.82, 2.24) is 4.90 Å². The number of guanidine groups is 1. The van der Waals surface area contributed by atoms with Crippen LogP contribution in [0.25, 0.3) is 0 Å². The van der Waals surface area contributed by atoms with Gasteiger partial charge >= 0.3 is 0 Å². The van der Waals surface area contributed by atoms with Crippen molar-refractivity contribution < 1.29 is 9.53 Å². The van der Waals surface area contributed by atoms with Crippen molar-refractivity contribution in [1.29, 1.82) is 0 Å². The Kier molecular flexibility index (Phi) is 6.76.